The summed E-state index contributed by atoms with van der Waals surface area (Å²) < 4.78 is 0. The number of aliphatic hydroxyl groups is 1. The van der Waals surface area contributed by atoms with E-state index in [0.717, 1.165) is 35.7 Å². The van der Waals surface area contributed by atoms with Gasteiger partial charge in [0.2, 0.25) is 0 Å². The minimum absolute atomic E-state index is 0.00955. The fourth-order valence-electron chi connectivity index (χ4n) is 2.82. The lowest BCUT2D eigenvalue weighted by molar-refractivity contribution is 0.279. The summed E-state index contributed by atoms with van der Waals surface area (Å²) in [6, 6.07) is 6.63. The number of benzene rings is 1. The third-order valence-corrected chi connectivity index (χ3v) is 4.18. The van der Waals surface area contributed by atoms with Crippen LogP contribution in [0.4, 0.5) is 5.69 Å². The molecule has 0 amide bonds. The highest BCUT2D eigenvalue weighted by Gasteiger charge is 2.25. The van der Waals surface area contributed by atoms with Crippen molar-refractivity contribution < 1.29 is 5.11 Å². The van der Waals surface area contributed by atoms with Crippen LogP contribution < -0.4 is 10.6 Å². The molecule has 1 heterocycles. The van der Waals surface area contributed by atoms with Gasteiger partial charge in [0.25, 0.3) is 0 Å². The van der Waals surface area contributed by atoms with Crippen LogP contribution >= 0.6 is 11.6 Å². The van der Waals surface area contributed by atoms with Gasteiger partial charge in [0, 0.05) is 25.2 Å². The maximum atomic E-state index is 8.98. The van der Waals surface area contributed by atoms with E-state index in [2.05, 4.69) is 17.0 Å². The molecule has 1 unspecified atom stereocenters. The molecular weight excluding hydrogens is 260 g/mol. The molecular formula is C15H23ClN2O. The first-order valence-corrected chi connectivity index (χ1v) is 7.44. The highest BCUT2D eigenvalue weighted by atomic mass is 35.5. The Labute approximate surface area is 120 Å². The van der Waals surface area contributed by atoms with Crippen LogP contribution in [0, 0.1) is 0 Å². The number of anilines is 1. The molecule has 0 bridgehead atoms. The fraction of sp³-hybridized carbons (Fsp3) is 0.600. The van der Waals surface area contributed by atoms with Crippen molar-refractivity contribution >= 4 is 17.3 Å². The van der Waals surface area contributed by atoms with Gasteiger partial charge >= 0.3 is 0 Å². The van der Waals surface area contributed by atoms with E-state index in [-0.39, 0.29) is 12.6 Å². The van der Waals surface area contributed by atoms with Gasteiger partial charge < -0.3 is 15.7 Å². The van der Waals surface area contributed by atoms with Gasteiger partial charge in [-0.2, -0.15) is 0 Å². The van der Waals surface area contributed by atoms with E-state index >= 15 is 0 Å². The molecule has 0 radical (unpaired) electrons. The number of hydrogen-bond acceptors (Lipinski definition) is 3. The molecule has 1 fully saturated rings. The van der Waals surface area contributed by atoms with Gasteiger partial charge in [-0.15, -0.1) is 0 Å². The Morgan fingerprint density at radius 2 is 2.32 bits per heavy atom. The number of nitrogens with two attached hydrogens (primary N) is 1. The normalized spacial score (nSPS) is 20.8. The largest absolute Gasteiger partial charge is 0.396 e. The fourth-order valence-corrected chi connectivity index (χ4v) is 3.12. The molecule has 0 spiro atoms. The summed E-state index contributed by atoms with van der Waals surface area (Å²) in [7, 11) is 0. The van der Waals surface area contributed by atoms with Crippen molar-refractivity contribution in [3.05, 3.63) is 28.8 Å². The van der Waals surface area contributed by atoms with Gasteiger partial charge in [-0.1, -0.05) is 17.7 Å². The summed E-state index contributed by atoms with van der Waals surface area (Å²) >= 11 is 6.41. The Hall–Kier alpha value is -0.770. The van der Waals surface area contributed by atoms with E-state index in [1.54, 1.807) is 0 Å². The summed E-state index contributed by atoms with van der Waals surface area (Å²) in [5.74, 6) is 0. The minimum atomic E-state index is 0.00955. The van der Waals surface area contributed by atoms with Crippen LogP contribution in [-0.2, 0) is 0 Å². The Bertz CT molecular complexity index is 423. The molecule has 0 aliphatic carbocycles. The van der Waals surface area contributed by atoms with E-state index in [0.29, 0.717) is 6.04 Å². The highest BCUT2D eigenvalue weighted by molar-refractivity contribution is 6.33. The third kappa shape index (κ3) is 3.41. The second kappa shape index (κ2) is 6.60. The highest BCUT2D eigenvalue weighted by Crippen LogP contribution is 2.34. The molecule has 0 aromatic heterocycles. The first kappa shape index (κ1) is 14.6. The van der Waals surface area contributed by atoms with Crippen LogP contribution in [0.5, 0.6) is 0 Å². The molecule has 1 aliphatic heterocycles. The summed E-state index contributed by atoms with van der Waals surface area (Å²) in [6.07, 6.45) is 4.27. The van der Waals surface area contributed by atoms with Crippen molar-refractivity contribution in [2.24, 2.45) is 5.73 Å². The van der Waals surface area contributed by atoms with Crippen LogP contribution in [0.25, 0.3) is 0 Å². The van der Waals surface area contributed by atoms with E-state index in [1.807, 2.05) is 13.0 Å². The topological polar surface area (TPSA) is 49.5 Å². The second-order valence-corrected chi connectivity index (χ2v) is 5.76. The average molecular weight is 283 g/mol. The van der Waals surface area contributed by atoms with Crippen LogP contribution in [0.3, 0.4) is 0 Å². The quantitative estimate of drug-likeness (QED) is 0.872. The second-order valence-electron chi connectivity index (χ2n) is 5.35. The molecule has 3 N–H and O–H groups in total. The number of nitrogens with zero attached hydrogens (tertiary/aromatic N) is 1. The van der Waals surface area contributed by atoms with Crippen molar-refractivity contribution in [3.63, 3.8) is 0 Å². The average Bonchev–Trinajstić information content (AvgIpc) is 2.84. The monoisotopic (exact) mass is 282 g/mol. The van der Waals surface area contributed by atoms with Crippen molar-refractivity contribution in [1.29, 1.82) is 0 Å². The van der Waals surface area contributed by atoms with Crippen molar-refractivity contribution in [2.45, 2.75) is 44.7 Å². The standard InChI is InChI=1S/C15H23ClN2O/c1-11(17)12-6-7-15(14(16)10-12)18-8-2-4-13(18)5-3-9-19/h6-7,10-11,13,19H,2-5,8-9,17H2,1H3/t11-,13?/m1/s1. The Morgan fingerprint density at radius 3 is 2.95 bits per heavy atom. The van der Waals surface area contributed by atoms with Crippen LogP contribution in [0.15, 0.2) is 18.2 Å². The maximum absolute atomic E-state index is 8.98. The van der Waals surface area contributed by atoms with Crippen molar-refractivity contribution in [1.82, 2.24) is 0 Å². The maximum Gasteiger partial charge on any atom is 0.0642 e. The minimum Gasteiger partial charge on any atom is -0.396 e. The van der Waals surface area contributed by atoms with Gasteiger partial charge in [-0.3, -0.25) is 0 Å². The van der Waals surface area contributed by atoms with Gasteiger partial charge in [-0.25, -0.2) is 0 Å². The van der Waals surface area contributed by atoms with Gasteiger partial charge in [0.1, 0.15) is 0 Å². The molecule has 1 aromatic rings. The van der Waals surface area contributed by atoms with Crippen molar-refractivity contribution in [2.75, 3.05) is 18.1 Å². The lowest BCUT2D eigenvalue weighted by Gasteiger charge is -2.28. The van der Waals surface area contributed by atoms with Gasteiger partial charge in [0.15, 0.2) is 0 Å². The van der Waals surface area contributed by atoms with Crippen LogP contribution in [-0.4, -0.2) is 24.3 Å². The molecule has 1 aliphatic rings. The Kier molecular flexibility index (Phi) is 5.08. The summed E-state index contributed by atoms with van der Waals surface area (Å²) in [4.78, 5) is 2.38. The van der Waals surface area contributed by atoms with Crippen LogP contribution in [0.2, 0.25) is 5.02 Å². The molecule has 0 saturated carbocycles. The zero-order chi connectivity index (χ0) is 13.8. The third-order valence-electron chi connectivity index (χ3n) is 3.88. The number of hydrogen-bond donors (Lipinski definition) is 2. The molecule has 19 heavy (non-hydrogen) atoms. The zero-order valence-electron chi connectivity index (χ0n) is 11.5. The first-order valence-electron chi connectivity index (χ1n) is 7.06. The van der Waals surface area contributed by atoms with E-state index in [9.17, 15) is 0 Å². The number of rotatable bonds is 5. The van der Waals surface area contributed by atoms with Crippen LogP contribution in [0.1, 0.15) is 44.2 Å². The first-order chi connectivity index (χ1) is 9.13. The summed E-state index contributed by atoms with van der Waals surface area (Å²) in [5, 5.41) is 9.76. The summed E-state index contributed by atoms with van der Waals surface area (Å²) in [5.41, 5.74) is 8.05. The van der Waals surface area contributed by atoms with E-state index in [1.165, 1.54) is 12.8 Å². The zero-order valence-corrected chi connectivity index (χ0v) is 12.2. The molecule has 2 atom stereocenters. The Morgan fingerprint density at radius 1 is 1.53 bits per heavy atom. The predicted molar refractivity (Wildman–Crippen MR) is 80.7 cm³/mol. The van der Waals surface area contributed by atoms with E-state index < -0.39 is 0 Å². The smallest absolute Gasteiger partial charge is 0.0642 e. The summed E-state index contributed by atoms with van der Waals surface area (Å²) in [6.45, 7) is 3.28. The molecule has 106 valence electrons. The Balaban J connectivity index is 2.16. The molecule has 3 nitrogen and oxygen atoms in total. The van der Waals surface area contributed by atoms with E-state index in [4.69, 9.17) is 22.4 Å². The lowest BCUT2D eigenvalue weighted by atomic mass is 10.1. The predicted octanol–water partition coefficient (Wildman–Crippen LogP) is 3.10. The lowest BCUT2D eigenvalue weighted by Crippen LogP contribution is -2.29. The van der Waals surface area contributed by atoms with Gasteiger partial charge in [-0.05, 0) is 50.3 Å². The number of aliphatic hydroxyl groups excluding tert-OH is 1. The van der Waals surface area contributed by atoms with Gasteiger partial charge in [0.05, 0.1) is 10.7 Å². The molecule has 2 rings (SSSR count). The number of halogens is 1. The van der Waals surface area contributed by atoms with Crippen molar-refractivity contribution in [3.8, 4) is 0 Å². The SMILES string of the molecule is C[C@@H](N)c1ccc(N2CCCC2CCCO)c(Cl)c1. The molecule has 1 aromatic carbocycles. The molecule has 4 heteroatoms. The molecule has 1 saturated heterocycles.